The molecule has 6 fully saturated rings. The zero-order chi connectivity index (χ0) is 33.9. The number of hydrogen-bond donors (Lipinski definition) is 0. The van der Waals surface area contributed by atoms with Crippen molar-refractivity contribution in [1.29, 1.82) is 0 Å². The molecule has 0 saturated heterocycles. The fourth-order valence-corrected chi connectivity index (χ4v) is 21.5. The molecule has 0 unspecified atom stereocenters. The van der Waals surface area contributed by atoms with Gasteiger partial charge >= 0.3 is 79.8 Å². The van der Waals surface area contributed by atoms with Crippen LogP contribution in [0.1, 0.15) is 198 Å². The standard InChI is InChI=1S/2C18H33P.C8H8.2ClH.Ru/c2*1-4-10-16(11-5-1)19(17-12-6-2-7-13-17)18-14-8-3-9-15-18;1-2-8-6-4-3-5-7-8;;;/h2*16-18H,1-15H2;1,3-7H,2H2;2*1H;/q;;;;;+2/p-2. The summed E-state index contributed by atoms with van der Waals surface area (Å²) in [6.07, 6.45) is 48.1. The molecule has 6 aliphatic rings. The average Bonchev–Trinajstić information content (AvgIpc) is 3.18. The first-order chi connectivity index (χ1) is 24.2. The van der Waals surface area contributed by atoms with E-state index in [0.29, 0.717) is 15.8 Å². The number of halogens is 2. The molecular formula is C44H74Cl2P2Ru. The summed E-state index contributed by atoms with van der Waals surface area (Å²) >= 11 is -1.56. The fourth-order valence-electron chi connectivity index (χ4n) is 10.8. The van der Waals surface area contributed by atoms with E-state index in [1.54, 1.807) is 154 Å². The Balaban J connectivity index is 0.000000149. The van der Waals surface area contributed by atoms with Gasteiger partial charge in [0.1, 0.15) is 0 Å². The van der Waals surface area contributed by atoms with E-state index in [1.165, 1.54) is 78.0 Å². The van der Waals surface area contributed by atoms with Crippen molar-refractivity contribution in [3.8, 4) is 0 Å². The van der Waals surface area contributed by atoms with Gasteiger partial charge in [0.15, 0.2) is 0 Å². The van der Waals surface area contributed by atoms with Crippen LogP contribution in [0.15, 0.2) is 30.3 Å². The maximum absolute atomic E-state index is 5.68. The number of hydrogen-bond acceptors (Lipinski definition) is 0. The quantitative estimate of drug-likeness (QED) is 0.181. The summed E-state index contributed by atoms with van der Waals surface area (Å²) in [6.45, 7) is 0. The van der Waals surface area contributed by atoms with Crippen molar-refractivity contribution in [3.63, 3.8) is 0 Å². The van der Waals surface area contributed by atoms with Crippen LogP contribution in [-0.2, 0) is 19.9 Å². The van der Waals surface area contributed by atoms with Crippen LogP contribution in [0.5, 0.6) is 0 Å². The van der Waals surface area contributed by atoms with E-state index in [0.717, 1.165) is 6.42 Å². The molecule has 0 amide bonds. The minimum atomic E-state index is -1.56. The molecule has 0 spiro atoms. The monoisotopic (exact) mass is 836 g/mol. The molecular weight excluding hydrogens is 762 g/mol. The van der Waals surface area contributed by atoms with Crippen LogP contribution >= 0.6 is 35.2 Å². The van der Waals surface area contributed by atoms with Crippen LogP contribution in [0.3, 0.4) is 0 Å². The first-order valence-corrected chi connectivity index (χ1v) is 30.2. The summed E-state index contributed by atoms with van der Waals surface area (Å²) in [5, 5.41) is 0. The summed E-state index contributed by atoms with van der Waals surface area (Å²) in [5.41, 5.74) is 8.41. The van der Waals surface area contributed by atoms with Crippen LogP contribution < -0.4 is 0 Å². The second kappa shape index (κ2) is 24.5. The van der Waals surface area contributed by atoms with Gasteiger partial charge in [-0.2, -0.15) is 0 Å². The predicted octanol–water partition coefficient (Wildman–Crippen LogP) is 15.9. The fraction of sp³-hybridized carbons (Fsp3) is 0.841. The Labute approximate surface area is 320 Å². The molecule has 0 bridgehead atoms. The first-order valence-electron chi connectivity index (χ1n) is 21.6. The molecule has 7 rings (SSSR count). The van der Waals surface area contributed by atoms with Crippen molar-refractivity contribution in [1.82, 2.24) is 0 Å². The van der Waals surface area contributed by atoms with Gasteiger partial charge < -0.3 is 0 Å². The van der Waals surface area contributed by atoms with E-state index in [1.807, 2.05) is 22.8 Å². The average molecular weight is 837 g/mol. The van der Waals surface area contributed by atoms with Gasteiger partial charge in [-0.15, -0.1) is 0 Å². The van der Waals surface area contributed by atoms with Gasteiger partial charge in [0.05, 0.1) is 0 Å². The molecule has 1 aromatic rings. The van der Waals surface area contributed by atoms with Crippen molar-refractivity contribution >= 4 is 39.8 Å². The maximum atomic E-state index is 5.68. The van der Waals surface area contributed by atoms with Gasteiger partial charge in [0.25, 0.3) is 0 Å². The zero-order valence-electron chi connectivity index (χ0n) is 31.4. The predicted molar refractivity (Wildman–Crippen MR) is 223 cm³/mol. The second-order valence-electron chi connectivity index (χ2n) is 16.7. The first kappa shape index (κ1) is 41.3. The Kier molecular flexibility index (Phi) is 20.7. The summed E-state index contributed by atoms with van der Waals surface area (Å²) in [6, 6.07) is 10.2. The van der Waals surface area contributed by atoms with Crippen LogP contribution in [0.2, 0.25) is 0 Å². The van der Waals surface area contributed by atoms with E-state index in [-0.39, 0.29) is 0 Å². The molecule has 0 radical (unpaired) electrons. The SMILES string of the molecule is C1CCC(P(C2CCCCC2)C2CCCCC2)CC1.C1CCC(P(C2CCCCC2)C2CCCCC2)CC1.[Cl][Ru]([Cl])=[CH]Cc1ccccc1. The molecule has 0 nitrogen and oxygen atoms in total. The molecule has 0 aliphatic heterocycles. The summed E-state index contributed by atoms with van der Waals surface area (Å²) in [4.78, 5) is 0. The van der Waals surface area contributed by atoms with E-state index in [4.69, 9.17) is 19.4 Å². The number of benzene rings is 1. The molecule has 49 heavy (non-hydrogen) atoms. The van der Waals surface area contributed by atoms with Crippen molar-refractivity contribution in [2.75, 3.05) is 0 Å². The van der Waals surface area contributed by atoms with Gasteiger partial charge in [-0.3, -0.25) is 0 Å². The van der Waals surface area contributed by atoms with Crippen LogP contribution in [0, 0.1) is 0 Å². The van der Waals surface area contributed by atoms with Crippen molar-refractivity contribution in [3.05, 3.63) is 35.9 Å². The molecule has 5 heteroatoms. The molecule has 1 aromatic carbocycles. The van der Waals surface area contributed by atoms with E-state index in [9.17, 15) is 0 Å². The topological polar surface area (TPSA) is 0 Å². The Bertz CT molecular complexity index is 855. The molecule has 282 valence electrons. The Hall–Kier alpha value is 1.15. The minimum absolute atomic E-state index is 0.385. The summed E-state index contributed by atoms with van der Waals surface area (Å²) in [5.74, 6) is 0. The zero-order valence-corrected chi connectivity index (χ0v) is 36.4. The van der Waals surface area contributed by atoms with Gasteiger partial charge in [0, 0.05) is 0 Å². The third-order valence-electron chi connectivity index (χ3n) is 13.2. The Morgan fingerprint density at radius 3 is 0.878 bits per heavy atom. The molecule has 0 N–H and O–H groups in total. The van der Waals surface area contributed by atoms with E-state index >= 15 is 0 Å². The molecule has 0 aromatic heterocycles. The summed E-state index contributed by atoms with van der Waals surface area (Å²) < 4.78 is 2.00. The Morgan fingerprint density at radius 2 is 0.653 bits per heavy atom. The van der Waals surface area contributed by atoms with Crippen molar-refractivity contribution in [2.45, 2.75) is 233 Å². The van der Waals surface area contributed by atoms with E-state index < -0.39 is 13.5 Å². The Morgan fingerprint density at radius 1 is 0.408 bits per heavy atom. The second-order valence-corrected chi connectivity index (χ2v) is 28.8. The van der Waals surface area contributed by atoms with Crippen LogP contribution in [0.4, 0.5) is 0 Å². The summed E-state index contributed by atoms with van der Waals surface area (Å²) in [7, 11) is 12.1. The van der Waals surface area contributed by atoms with Gasteiger partial charge in [-0.1, -0.05) is 131 Å². The third-order valence-corrected chi connectivity index (χ3v) is 23.6. The van der Waals surface area contributed by atoms with Gasteiger partial charge in [-0.25, -0.2) is 0 Å². The molecule has 0 heterocycles. The van der Waals surface area contributed by atoms with Crippen molar-refractivity contribution in [2.24, 2.45) is 0 Å². The van der Waals surface area contributed by atoms with Gasteiger partial charge in [-0.05, 0) is 111 Å². The number of rotatable bonds is 8. The normalized spacial score (nSPS) is 24.9. The van der Waals surface area contributed by atoms with Crippen molar-refractivity contribution < 1.29 is 13.5 Å². The molecule has 6 aliphatic carbocycles. The van der Waals surface area contributed by atoms with Gasteiger partial charge in [0.2, 0.25) is 0 Å². The van der Waals surface area contributed by atoms with Crippen LogP contribution in [0.25, 0.3) is 0 Å². The van der Waals surface area contributed by atoms with Crippen LogP contribution in [-0.4, -0.2) is 38.6 Å². The molecule has 6 saturated carbocycles. The molecule has 0 atom stereocenters. The third kappa shape index (κ3) is 14.7. The van der Waals surface area contributed by atoms with E-state index in [2.05, 4.69) is 12.1 Å².